The topological polar surface area (TPSA) is 0 Å². The molecule has 2 fully saturated rings. The second-order valence-electron chi connectivity index (χ2n) is 11.3. The Morgan fingerprint density at radius 2 is 0.800 bits per heavy atom. The second-order valence-corrected chi connectivity index (χ2v) is 11.3. The molecule has 0 radical (unpaired) electrons. The quantitative estimate of drug-likeness (QED) is 0.344. The van der Waals surface area contributed by atoms with E-state index in [9.17, 15) is 13.2 Å². The number of aryl methyl sites for hydroxylation is 3. The molecule has 35 heavy (non-hydrogen) atoms. The van der Waals surface area contributed by atoms with Crippen LogP contribution in [0.1, 0.15) is 101 Å². The van der Waals surface area contributed by atoms with Crippen LogP contribution in [0.15, 0.2) is 30.3 Å². The highest BCUT2D eigenvalue weighted by Gasteiger charge is 2.13. The standard InChI is InChI=1S/C8H8F2.C8H9F.2C8H16/c1-5-3-7(9)6(2)8(10)4-5;1-6-3-4-7(2)8(9)5-6;2*1-7-3-5-8(2)6-4-7/h3-4H,1-2H3;3-5H,1-2H3;2*7-8H,3-6H2,1-2H3. The van der Waals surface area contributed by atoms with E-state index < -0.39 is 11.6 Å². The van der Waals surface area contributed by atoms with Gasteiger partial charge in [0.25, 0.3) is 0 Å². The molecule has 0 nitrogen and oxygen atoms in total. The van der Waals surface area contributed by atoms with Gasteiger partial charge in [-0.3, -0.25) is 0 Å². The Hall–Kier alpha value is -1.77. The van der Waals surface area contributed by atoms with Crippen molar-refractivity contribution in [2.75, 3.05) is 0 Å². The normalized spacial score (nSPS) is 23.5. The van der Waals surface area contributed by atoms with E-state index in [0.717, 1.165) is 29.2 Å². The predicted molar refractivity (Wildman–Crippen MR) is 145 cm³/mol. The first-order valence-electron chi connectivity index (χ1n) is 13.5. The first kappa shape index (κ1) is 31.3. The molecule has 0 unspecified atom stereocenters. The van der Waals surface area contributed by atoms with Gasteiger partial charge in [0.05, 0.1) is 0 Å². The average Bonchev–Trinajstić information content (AvgIpc) is 2.80. The Labute approximate surface area is 213 Å². The van der Waals surface area contributed by atoms with E-state index in [1.165, 1.54) is 76.5 Å². The van der Waals surface area contributed by atoms with E-state index in [-0.39, 0.29) is 11.4 Å². The Kier molecular flexibility index (Phi) is 14.4. The molecule has 0 amide bonds. The lowest BCUT2D eigenvalue weighted by Crippen LogP contribution is -2.08. The SMILES string of the molecule is CC1CCC(C)CC1.CC1CCC(C)CC1.Cc1cc(F)c(C)c(F)c1.Cc1ccc(C)c(F)c1. The van der Waals surface area contributed by atoms with Gasteiger partial charge >= 0.3 is 0 Å². The van der Waals surface area contributed by atoms with Gasteiger partial charge in [0, 0.05) is 5.56 Å². The minimum Gasteiger partial charge on any atom is -0.207 e. The van der Waals surface area contributed by atoms with Crippen LogP contribution in [0.4, 0.5) is 13.2 Å². The molecule has 2 aromatic rings. The molecular weight excluding hydrogens is 441 g/mol. The summed E-state index contributed by atoms with van der Waals surface area (Å²) < 4.78 is 37.8. The number of rotatable bonds is 0. The summed E-state index contributed by atoms with van der Waals surface area (Å²) in [6.45, 7) is 16.2. The van der Waals surface area contributed by atoms with Crippen LogP contribution in [0.2, 0.25) is 0 Å². The maximum absolute atomic E-state index is 12.6. The molecule has 2 aliphatic carbocycles. The lowest BCUT2D eigenvalue weighted by atomic mass is 9.84. The van der Waals surface area contributed by atoms with Crippen LogP contribution in [-0.4, -0.2) is 0 Å². The van der Waals surface area contributed by atoms with Crippen LogP contribution in [-0.2, 0) is 0 Å². The largest absolute Gasteiger partial charge is 0.207 e. The van der Waals surface area contributed by atoms with Gasteiger partial charge in [-0.05, 0) is 86.3 Å². The fraction of sp³-hybridized carbons (Fsp3) is 0.625. The maximum Gasteiger partial charge on any atom is 0.129 e. The predicted octanol–water partition coefficient (Wildman–Crippen LogP) is 10.7. The molecule has 0 atom stereocenters. The summed E-state index contributed by atoms with van der Waals surface area (Å²) in [5.41, 5.74) is 2.38. The van der Waals surface area contributed by atoms with Gasteiger partial charge in [0.2, 0.25) is 0 Å². The third kappa shape index (κ3) is 13.2. The van der Waals surface area contributed by atoms with E-state index in [4.69, 9.17) is 0 Å². The third-order valence-electron chi connectivity index (χ3n) is 7.36. The van der Waals surface area contributed by atoms with Gasteiger partial charge in [-0.15, -0.1) is 0 Å². The van der Waals surface area contributed by atoms with Crippen LogP contribution in [0.25, 0.3) is 0 Å². The summed E-state index contributed by atoms with van der Waals surface area (Å²) >= 11 is 0. The molecule has 0 saturated heterocycles. The highest BCUT2D eigenvalue weighted by atomic mass is 19.1. The first-order chi connectivity index (χ1) is 16.4. The zero-order chi connectivity index (χ0) is 26.5. The van der Waals surface area contributed by atoms with Crippen molar-refractivity contribution in [3.05, 3.63) is 70.0 Å². The highest BCUT2D eigenvalue weighted by Crippen LogP contribution is 2.28. The van der Waals surface area contributed by atoms with Crippen molar-refractivity contribution in [3.8, 4) is 0 Å². The molecule has 2 saturated carbocycles. The van der Waals surface area contributed by atoms with Crippen molar-refractivity contribution < 1.29 is 13.2 Å². The highest BCUT2D eigenvalue weighted by molar-refractivity contribution is 5.24. The molecule has 3 heteroatoms. The molecule has 0 aliphatic heterocycles. The van der Waals surface area contributed by atoms with Crippen molar-refractivity contribution in [2.45, 2.75) is 107 Å². The molecule has 0 bridgehead atoms. The van der Waals surface area contributed by atoms with Crippen LogP contribution in [0, 0.1) is 68.8 Å². The smallest absolute Gasteiger partial charge is 0.129 e. The summed E-state index contributed by atoms with van der Waals surface area (Å²) in [6.07, 6.45) is 11.8. The lowest BCUT2D eigenvalue weighted by molar-refractivity contribution is 0.308. The molecule has 4 rings (SSSR count). The van der Waals surface area contributed by atoms with E-state index in [1.807, 2.05) is 13.0 Å². The van der Waals surface area contributed by atoms with Crippen LogP contribution in [0.5, 0.6) is 0 Å². The zero-order valence-corrected chi connectivity index (χ0v) is 23.5. The molecule has 0 heterocycles. The minimum atomic E-state index is -0.475. The Morgan fingerprint density at radius 3 is 1.09 bits per heavy atom. The van der Waals surface area contributed by atoms with E-state index in [1.54, 1.807) is 19.9 Å². The van der Waals surface area contributed by atoms with E-state index in [0.29, 0.717) is 11.1 Å². The minimum absolute atomic E-state index is 0.0885. The fourth-order valence-electron chi connectivity index (χ4n) is 4.32. The molecule has 0 N–H and O–H groups in total. The summed E-state index contributed by atoms with van der Waals surface area (Å²) in [4.78, 5) is 0. The zero-order valence-electron chi connectivity index (χ0n) is 23.5. The average molecular weight is 491 g/mol. The Morgan fingerprint density at radius 1 is 0.486 bits per heavy atom. The molecular formula is C32H49F3. The molecule has 198 valence electrons. The van der Waals surface area contributed by atoms with Crippen molar-refractivity contribution in [1.29, 1.82) is 0 Å². The van der Waals surface area contributed by atoms with Crippen molar-refractivity contribution in [1.82, 2.24) is 0 Å². The van der Waals surface area contributed by atoms with Crippen LogP contribution < -0.4 is 0 Å². The van der Waals surface area contributed by atoms with Gasteiger partial charge in [-0.25, -0.2) is 13.2 Å². The first-order valence-corrected chi connectivity index (χ1v) is 13.5. The number of benzene rings is 2. The van der Waals surface area contributed by atoms with Crippen LogP contribution >= 0.6 is 0 Å². The van der Waals surface area contributed by atoms with Crippen molar-refractivity contribution >= 4 is 0 Å². The van der Waals surface area contributed by atoms with Crippen molar-refractivity contribution in [3.63, 3.8) is 0 Å². The number of hydrogen-bond donors (Lipinski definition) is 0. The molecule has 0 aromatic heterocycles. The molecule has 2 aliphatic rings. The molecule has 0 spiro atoms. The third-order valence-corrected chi connectivity index (χ3v) is 7.36. The summed E-state index contributed by atoms with van der Waals surface area (Å²) in [6, 6.07) is 7.86. The van der Waals surface area contributed by atoms with Gasteiger partial charge in [-0.2, -0.15) is 0 Å². The summed E-state index contributed by atoms with van der Waals surface area (Å²) in [5, 5.41) is 0. The van der Waals surface area contributed by atoms with E-state index >= 15 is 0 Å². The van der Waals surface area contributed by atoms with Crippen LogP contribution in [0.3, 0.4) is 0 Å². The van der Waals surface area contributed by atoms with Crippen molar-refractivity contribution in [2.24, 2.45) is 23.7 Å². The second kappa shape index (κ2) is 16.1. The Balaban J connectivity index is 0.000000234. The summed E-state index contributed by atoms with van der Waals surface area (Å²) in [7, 11) is 0. The van der Waals surface area contributed by atoms with Gasteiger partial charge in [0.1, 0.15) is 17.5 Å². The lowest BCUT2D eigenvalue weighted by Gasteiger charge is -2.22. The fourth-order valence-corrected chi connectivity index (χ4v) is 4.32. The van der Waals surface area contributed by atoms with Gasteiger partial charge in [0.15, 0.2) is 0 Å². The number of hydrogen-bond acceptors (Lipinski definition) is 0. The monoisotopic (exact) mass is 490 g/mol. The maximum atomic E-state index is 12.6. The molecule has 2 aromatic carbocycles. The summed E-state index contributed by atoms with van der Waals surface area (Å²) in [5.74, 6) is 3.01. The number of halogens is 3. The van der Waals surface area contributed by atoms with E-state index in [2.05, 4.69) is 27.7 Å². The van der Waals surface area contributed by atoms with Gasteiger partial charge < -0.3 is 0 Å². The van der Waals surface area contributed by atoms with Gasteiger partial charge in [-0.1, -0.05) is 91.2 Å². The Bertz CT molecular complexity index is 794.